The van der Waals surface area contributed by atoms with Crippen molar-refractivity contribution in [1.29, 1.82) is 0 Å². The summed E-state index contributed by atoms with van der Waals surface area (Å²) in [4.78, 5) is 1.89. The van der Waals surface area contributed by atoms with E-state index in [1.807, 2.05) is 50.1 Å². The second kappa shape index (κ2) is 9.22. The molecule has 0 saturated heterocycles. The summed E-state index contributed by atoms with van der Waals surface area (Å²) in [6, 6.07) is 5.53. The number of rotatable bonds is 7. The lowest BCUT2D eigenvalue weighted by atomic mass is 10.1. The zero-order valence-corrected chi connectivity index (χ0v) is 15.8. The highest BCUT2D eigenvalue weighted by Crippen LogP contribution is 2.26. The van der Waals surface area contributed by atoms with Gasteiger partial charge in [-0.25, -0.2) is 8.78 Å². The van der Waals surface area contributed by atoms with E-state index in [1.165, 1.54) is 6.07 Å². The maximum atomic E-state index is 14.4. The molecule has 1 aromatic carbocycles. The van der Waals surface area contributed by atoms with Gasteiger partial charge in [-0.05, 0) is 56.5 Å². The van der Waals surface area contributed by atoms with Crippen molar-refractivity contribution in [1.82, 2.24) is 15.1 Å². The third-order valence-corrected chi connectivity index (χ3v) is 4.02. The lowest BCUT2D eigenvalue weighted by Crippen LogP contribution is -2.19. The Bertz CT molecular complexity index is 813. The molecule has 1 heterocycles. The van der Waals surface area contributed by atoms with Crippen molar-refractivity contribution < 1.29 is 8.78 Å². The summed E-state index contributed by atoms with van der Waals surface area (Å²) in [7, 11) is 0. The molecular formula is C21H25F2N3. The minimum absolute atomic E-state index is 0.239. The molecule has 1 aromatic heterocycles. The SMILES string of the molecule is C/C=C\N(Cc1nnc(C)cc1CC)/C(=C/CC)c1cc(F)ccc1F. The number of nitrogens with zero attached hydrogens (tertiary/aromatic N) is 3. The Morgan fingerprint density at radius 3 is 2.58 bits per heavy atom. The lowest BCUT2D eigenvalue weighted by molar-refractivity contribution is 0.499. The smallest absolute Gasteiger partial charge is 0.132 e. The summed E-state index contributed by atoms with van der Waals surface area (Å²) < 4.78 is 28.1. The first kappa shape index (κ1) is 19.8. The van der Waals surface area contributed by atoms with E-state index in [4.69, 9.17) is 0 Å². The number of allylic oxidation sites excluding steroid dienone is 2. The second-order valence-corrected chi connectivity index (χ2v) is 6.04. The molecule has 0 fully saturated rings. The fraction of sp³-hybridized carbons (Fsp3) is 0.333. The van der Waals surface area contributed by atoms with Crippen LogP contribution in [0.2, 0.25) is 0 Å². The van der Waals surface area contributed by atoms with Crippen LogP contribution in [0.4, 0.5) is 8.78 Å². The zero-order valence-electron chi connectivity index (χ0n) is 15.8. The Kier molecular flexibility index (Phi) is 7.01. The molecule has 2 aromatic rings. The van der Waals surface area contributed by atoms with Crippen LogP contribution in [-0.2, 0) is 13.0 Å². The average molecular weight is 357 g/mol. The van der Waals surface area contributed by atoms with E-state index in [0.717, 1.165) is 35.5 Å². The molecule has 0 amide bonds. The first-order chi connectivity index (χ1) is 12.5. The van der Waals surface area contributed by atoms with E-state index >= 15 is 0 Å². The van der Waals surface area contributed by atoms with E-state index in [-0.39, 0.29) is 5.56 Å². The predicted octanol–water partition coefficient (Wildman–Crippen LogP) is 5.41. The van der Waals surface area contributed by atoms with Gasteiger partial charge in [0.1, 0.15) is 11.6 Å². The molecule has 0 saturated carbocycles. The van der Waals surface area contributed by atoms with Crippen LogP contribution >= 0.6 is 0 Å². The van der Waals surface area contributed by atoms with Crippen LogP contribution < -0.4 is 0 Å². The van der Waals surface area contributed by atoms with Crippen molar-refractivity contribution in [2.24, 2.45) is 0 Å². The summed E-state index contributed by atoms with van der Waals surface area (Å²) >= 11 is 0. The lowest BCUT2D eigenvalue weighted by Gasteiger charge is -2.25. The van der Waals surface area contributed by atoms with Gasteiger partial charge in [-0.2, -0.15) is 10.2 Å². The molecule has 5 heteroatoms. The van der Waals surface area contributed by atoms with Crippen molar-refractivity contribution in [3.8, 4) is 0 Å². The molecule has 2 rings (SSSR count). The zero-order chi connectivity index (χ0) is 19.1. The van der Waals surface area contributed by atoms with E-state index in [0.29, 0.717) is 18.7 Å². The van der Waals surface area contributed by atoms with Crippen LogP contribution in [0.5, 0.6) is 0 Å². The van der Waals surface area contributed by atoms with Gasteiger partial charge in [0.15, 0.2) is 0 Å². The number of halogens is 2. The minimum atomic E-state index is -0.465. The topological polar surface area (TPSA) is 29.0 Å². The highest BCUT2D eigenvalue weighted by molar-refractivity contribution is 5.65. The molecule has 0 bridgehead atoms. The van der Waals surface area contributed by atoms with Gasteiger partial charge in [-0.3, -0.25) is 0 Å². The van der Waals surface area contributed by atoms with Crippen molar-refractivity contribution in [2.75, 3.05) is 0 Å². The maximum absolute atomic E-state index is 14.4. The minimum Gasteiger partial charge on any atom is -0.342 e. The van der Waals surface area contributed by atoms with Crippen molar-refractivity contribution in [2.45, 2.75) is 47.1 Å². The van der Waals surface area contributed by atoms with Gasteiger partial charge >= 0.3 is 0 Å². The number of hydrogen-bond donors (Lipinski definition) is 0. The molecule has 0 unspecified atom stereocenters. The predicted molar refractivity (Wildman–Crippen MR) is 101 cm³/mol. The summed E-state index contributed by atoms with van der Waals surface area (Å²) in [5, 5.41) is 8.48. The normalized spacial score (nSPS) is 12.0. The Balaban J connectivity index is 2.49. The summed E-state index contributed by atoms with van der Waals surface area (Å²) in [6.07, 6.45) is 7.14. The monoisotopic (exact) mass is 357 g/mol. The van der Waals surface area contributed by atoms with Crippen molar-refractivity contribution in [3.05, 3.63) is 76.8 Å². The maximum Gasteiger partial charge on any atom is 0.132 e. The quantitative estimate of drug-likeness (QED) is 0.663. The van der Waals surface area contributed by atoms with E-state index in [1.54, 1.807) is 0 Å². The van der Waals surface area contributed by atoms with Crippen molar-refractivity contribution in [3.63, 3.8) is 0 Å². The van der Waals surface area contributed by atoms with Crippen LogP contribution in [0.25, 0.3) is 5.70 Å². The summed E-state index contributed by atoms with van der Waals surface area (Å²) in [5.41, 5.74) is 3.65. The highest BCUT2D eigenvalue weighted by atomic mass is 19.1. The van der Waals surface area contributed by atoms with Gasteiger partial charge in [-0.1, -0.05) is 26.0 Å². The van der Waals surface area contributed by atoms with E-state index < -0.39 is 11.6 Å². The molecule has 0 spiro atoms. The summed E-state index contributed by atoms with van der Waals surface area (Å²) in [6.45, 7) is 8.26. The van der Waals surface area contributed by atoms with Gasteiger partial charge in [0.05, 0.1) is 17.9 Å². The van der Waals surface area contributed by atoms with Gasteiger partial charge in [0.25, 0.3) is 0 Å². The fourth-order valence-corrected chi connectivity index (χ4v) is 2.84. The van der Waals surface area contributed by atoms with Crippen LogP contribution in [-0.4, -0.2) is 15.1 Å². The molecule has 0 aliphatic carbocycles. The van der Waals surface area contributed by atoms with Crippen LogP contribution in [0.3, 0.4) is 0 Å². The van der Waals surface area contributed by atoms with Gasteiger partial charge in [0.2, 0.25) is 0 Å². The number of aryl methyl sites for hydroxylation is 2. The van der Waals surface area contributed by atoms with Gasteiger partial charge < -0.3 is 4.90 Å². The second-order valence-electron chi connectivity index (χ2n) is 6.04. The molecular weight excluding hydrogens is 332 g/mol. The highest BCUT2D eigenvalue weighted by Gasteiger charge is 2.17. The molecule has 0 aliphatic rings. The molecule has 0 aliphatic heterocycles. The first-order valence-corrected chi connectivity index (χ1v) is 8.87. The summed E-state index contributed by atoms with van der Waals surface area (Å²) in [5.74, 6) is -0.917. The number of aromatic nitrogens is 2. The van der Waals surface area contributed by atoms with Crippen LogP contribution in [0.1, 0.15) is 49.7 Å². The third-order valence-electron chi connectivity index (χ3n) is 4.02. The molecule has 0 radical (unpaired) electrons. The Labute approximate surface area is 154 Å². The van der Waals surface area contributed by atoms with Crippen molar-refractivity contribution >= 4 is 5.70 Å². The largest absolute Gasteiger partial charge is 0.342 e. The standard InChI is InChI=1S/C21H25F2N3/c1-5-8-21(18-13-17(22)9-10-19(18)23)26(11-6-2)14-20-16(7-3)12-15(4)24-25-20/h6,8-13H,5,7,14H2,1-4H3/b11-6-,21-8+. The molecule has 26 heavy (non-hydrogen) atoms. The molecule has 138 valence electrons. The molecule has 0 N–H and O–H groups in total. The molecule has 0 atom stereocenters. The number of benzene rings is 1. The van der Waals surface area contributed by atoms with Crippen LogP contribution in [0.15, 0.2) is 42.6 Å². The van der Waals surface area contributed by atoms with E-state index in [9.17, 15) is 8.78 Å². The van der Waals surface area contributed by atoms with Gasteiger partial charge in [-0.15, -0.1) is 0 Å². The first-order valence-electron chi connectivity index (χ1n) is 8.87. The van der Waals surface area contributed by atoms with Gasteiger partial charge in [0, 0.05) is 17.5 Å². The fourth-order valence-electron chi connectivity index (χ4n) is 2.84. The third kappa shape index (κ3) is 4.75. The Hall–Kier alpha value is -2.56. The Morgan fingerprint density at radius 2 is 1.92 bits per heavy atom. The van der Waals surface area contributed by atoms with Crippen LogP contribution in [0, 0.1) is 18.6 Å². The van der Waals surface area contributed by atoms with E-state index in [2.05, 4.69) is 17.1 Å². The average Bonchev–Trinajstić information content (AvgIpc) is 2.63. The molecule has 3 nitrogen and oxygen atoms in total. The Morgan fingerprint density at radius 1 is 1.15 bits per heavy atom. The number of hydrogen-bond acceptors (Lipinski definition) is 3.